The van der Waals surface area contributed by atoms with E-state index in [9.17, 15) is 30.2 Å². The van der Waals surface area contributed by atoms with Gasteiger partial charge in [-0.05, 0) is 35.6 Å². The number of fused-ring (bicyclic) bond motifs is 1. The van der Waals surface area contributed by atoms with Crippen molar-refractivity contribution in [2.45, 2.75) is 173 Å². The smallest absolute Gasteiger partial charge is 0.300 e. The van der Waals surface area contributed by atoms with Crippen LogP contribution in [0, 0.1) is 10.1 Å². The van der Waals surface area contributed by atoms with Gasteiger partial charge in [-0.25, -0.2) is 4.63 Å². The van der Waals surface area contributed by atoms with Crippen LogP contribution in [0.1, 0.15) is 155 Å². The fourth-order valence-corrected chi connectivity index (χ4v) is 6.17. The molecule has 0 aliphatic heterocycles. The van der Waals surface area contributed by atoms with Crippen LogP contribution in [0.25, 0.3) is 11.0 Å². The van der Waals surface area contributed by atoms with E-state index in [2.05, 4.69) is 27.9 Å². The van der Waals surface area contributed by atoms with E-state index < -0.39 is 29.8 Å². The number of nitro benzene ring substituents is 1. The molecule has 0 bridgehead atoms. The molecule has 0 aliphatic rings. The van der Waals surface area contributed by atoms with Gasteiger partial charge in [0.2, 0.25) is 11.4 Å². The fraction of sp³-hybridized carbons (Fsp3) is 0.806. The van der Waals surface area contributed by atoms with Crippen LogP contribution in [-0.2, 0) is 4.79 Å². The summed E-state index contributed by atoms with van der Waals surface area (Å²) >= 11 is 0. The summed E-state index contributed by atoms with van der Waals surface area (Å²) in [4.78, 5) is 23.0. The second-order valence-corrected chi connectivity index (χ2v) is 13.3. The highest BCUT2D eigenvalue weighted by Crippen LogP contribution is 2.28. The van der Waals surface area contributed by atoms with Crippen LogP contribution >= 0.6 is 0 Å². The van der Waals surface area contributed by atoms with Crippen LogP contribution in [-0.4, -0.2) is 67.9 Å². The van der Waals surface area contributed by atoms with Gasteiger partial charge in [-0.15, -0.1) is 0 Å². The number of nitrogens with zero attached hydrogens (tertiary/aromatic N) is 3. The first-order valence-electron chi connectivity index (χ1n) is 18.8. The number of benzene rings is 1. The summed E-state index contributed by atoms with van der Waals surface area (Å²) in [5.41, 5.74) is 1.07. The Morgan fingerprint density at radius 2 is 1.31 bits per heavy atom. The number of aliphatic hydroxyl groups is 3. The maximum absolute atomic E-state index is 12.4. The molecule has 0 saturated heterocycles. The zero-order valence-corrected chi connectivity index (χ0v) is 29.4. The average Bonchev–Trinajstić information content (AvgIpc) is 3.58. The molecule has 1 heterocycles. The molecule has 0 spiro atoms. The molecule has 274 valence electrons. The number of hydrogen-bond donors (Lipinski definition) is 5. The number of aliphatic hydroxyl groups excluding tert-OH is 3. The van der Waals surface area contributed by atoms with Gasteiger partial charge in [0.05, 0.1) is 29.4 Å². The van der Waals surface area contributed by atoms with Crippen LogP contribution < -0.4 is 10.6 Å². The normalized spacial score (nSPS) is 13.4. The summed E-state index contributed by atoms with van der Waals surface area (Å²) in [7, 11) is 0. The Balaban J connectivity index is 1.42. The molecule has 12 nitrogen and oxygen atoms in total. The summed E-state index contributed by atoms with van der Waals surface area (Å²) in [6, 6.07) is 2.19. The minimum absolute atomic E-state index is 0.124. The number of nitrogens with one attached hydrogen (secondary N) is 2. The predicted octanol–water partition coefficient (Wildman–Crippen LogP) is 7.73. The molecule has 5 N–H and O–H groups in total. The van der Waals surface area contributed by atoms with Gasteiger partial charge in [0.15, 0.2) is 5.52 Å². The summed E-state index contributed by atoms with van der Waals surface area (Å²) in [6.45, 7) is 2.57. The second-order valence-electron chi connectivity index (χ2n) is 13.3. The number of nitro groups is 1. The van der Waals surface area contributed by atoms with Crippen molar-refractivity contribution >= 4 is 28.3 Å². The van der Waals surface area contributed by atoms with Gasteiger partial charge < -0.3 is 26.0 Å². The van der Waals surface area contributed by atoms with Crippen molar-refractivity contribution in [2.24, 2.45) is 0 Å². The largest absolute Gasteiger partial charge is 0.394 e. The van der Waals surface area contributed by atoms with Crippen LogP contribution in [0.3, 0.4) is 0 Å². The number of rotatable bonds is 31. The Labute approximate surface area is 286 Å². The number of unbranched alkanes of at least 4 members (excludes halogenated alkanes) is 19. The van der Waals surface area contributed by atoms with Crippen molar-refractivity contribution in [3.63, 3.8) is 0 Å². The van der Waals surface area contributed by atoms with E-state index in [1.165, 1.54) is 63.9 Å². The SMILES string of the molecule is CCCCCCCCCCCCCC[C@@H](O)[C@H](O)[C@@H](CO)NC(=O)CCCCCCCCCCCNc1ccc([N+](=O)[O-])c2nonc12. The standard InChI is InChI=1S/C36H63N5O7/c1-2-3-4-5-6-7-8-9-11-14-17-20-23-32(43)36(45)30(28-42)38-33(44)24-21-18-15-12-10-13-16-19-22-27-37-29-25-26-31(41(46)47)35-34(29)39-48-40-35/h25-26,30,32,36-37,42-43,45H,2-24,27-28H2,1H3,(H,38,44)/t30-,32-,36-/m1/s1. The third kappa shape index (κ3) is 17.0. The second kappa shape index (κ2) is 26.1. The number of amides is 1. The van der Waals surface area contributed by atoms with Gasteiger partial charge in [0.25, 0.3) is 0 Å². The highest BCUT2D eigenvalue weighted by molar-refractivity contribution is 5.93. The van der Waals surface area contributed by atoms with Gasteiger partial charge >= 0.3 is 5.69 Å². The van der Waals surface area contributed by atoms with Gasteiger partial charge in [-0.1, -0.05) is 129 Å². The highest BCUT2D eigenvalue weighted by atomic mass is 16.6. The molecule has 12 heteroatoms. The molecule has 2 aromatic rings. The van der Waals surface area contributed by atoms with E-state index >= 15 is 0 Å². The number of anilines is 1. The summed E-state index contributed by atoms with van der Waals surface area (Å²) in [6.07, 6.45) is 22.8. The zero-order chi connectivity index (χ0) is 34.8. The van der Waals surface area contributed by atoms with Crippen molar-refractivity contribution < 1.29 is 29.7 Å². The Bertz CT molecular complexity index is 1130. The summed E-state index contributed by atoms with van der Waals surface area (Å²) < 4.78 is 4.69. The van der Waals surface area contributed by atoms with E-state index in [1.807, 2.05) is 0 Å². The number of aromatic nitrogens is 2. The van der Waals surface area contributed by atoms with E-state index in [4.69, 9.17) is 4.63 Å². The minimum Gasteiger partial charge on any atom is -0.394 e. The molecule has 1 amide bonds. The number of non-ortho nitro benzene ring substituents is 1. The Kier molecular flexibility index (Phi) is 22.5. The molecule has 3 atom stereocenters. The molecule has 0 aliphatic carbocycles. The van der Waals surface area contributed by atoms with Crippen LogP contribution in [0.4, 0.5) is 11.4 Å². The zero-order valence-electron chi connectivity index (χ0n) is 29.4. The molecular weight excluding hydrogens is 614 g/mol. The first-order valence-corrected chi connectivity index (χ1v) is 18.8. The molecule has 0 fully saturated rings. The van der Waals surface area contributed by atoms with E-state index in [0.717, 1.165) is 83.6 Å². The molecule has 0 unspecified atom stereocenters. The lowest BCUT2D eigenvalue weighted by Crippen LogP contribution is -2.50. The van der Waals surface area contributed by atoms with E-state index in [0.29, 0.717) is 24.0 Å². The average molecular weight is 678 g/mol. The highest BCUT2D eigenvalue weighted by Gasteiger charge is 2.27. The van der Waals surface area contributed by atoms with E-state index in [1.54, 1.807) is 6.07 Å². The van der Waals surface area contributed by atoms with Crippen molar-refractivity contribution in [2.75, 3.05) is 18.5 Å². The molecule has 0 saturated carbocycles. The van der Waals surface area contributed by atoms with E-state index in [-0.39, 0.29) is 17.1 Å². The molecule has 0 radical (unpaired) electrons. The minimum atomic E-state index is -1.17. The van der Waals surface area contributed by atoms with Crippen molar-refractivity contribution in [1.82, 2.24) is 15.6 Å². The first-order chi connectivity index (χ1) is 23.4. The summed E-state index contributed by atoms with van der Waals surface area (Å²) in [5.74, 6) is -0.200. The Morgan fingerprint density at radius 1 is 0.792 bits per heavy atom. The topological polar surface area (TPSA) is 184 Å². The van der Waals surface area contributed by atoms with Gasteiger partial charge in [-0.3, -0.25) is 14.9 Å². The molecular formula is C36H63N5O7. The Morgan fingerprint density at radius 3 is 1.88 bits per heavy atom. The van der Waals surface area contributed by atoms with Gasteiger partial charge in [-0.2, -0.15) is 0 Å². The monoisotopic (exact) mass is 677 g/mol. The van der Waals surface area contributed by atoms with Crippen LogP contribution in [0.15, 0.2) is 16.8 Å². The quantitative estimate of drug-likeness (QED) is 0.0300. The van der Waals surface area contributed by atoms with Gasteiger partial charge in [0, 0.05) is 19.0 Å². The third-order valence-electron chi connectivity index (χ3n) is 9.19. The molecule has 1 aromatic heterocycles. The lowest BCUT2D eigenvalue weighted by Gasteiger charge is -2.26. The lowest BCUT2D eigenvalue weighted by atomic mass is 9.99. The maximum Gasteiger partial charge on any atom is 0.300 e. The van der Waals surface area contributed by atoms with Crippen molar-refractivity contribution in [1.29, 1.82) is 0 Å². The number of carbonyl (C=O) groups is 1. The molecule has 1 aromatic carbocycles. The lowest BCUT2D eigenvalue weighted by molar-refractivity contribution is -0.383. The maximum atomic E-state index is 12.4. The first kappa shape index (κ1) is 41.3. The van der Waals surface area contributed by atoms with Crippen molar-refractivity contribution in [3.8, 4) is 0 Å². The summed E-state index contributed by atoms with van der Waals surface area (Å²) in [5, 5.41) is 55.2. The van der Waals surface area contributed by atoms with Crippen LogP contribution in [0.5, 0.6) is 0 Å². The van der Waals surface area contributed by atoms with Crippen molar-refractivity contribution in [3.05, 3.63) is 22.2 Å². The van der Waals surface area contributed by atoms with Gasteiger partial charge in [0.1, 0.15) is 6.10 Å². The number of carbonyl (C=O) groups excluding carboxylic acids is 1. The molecule has 2 rings (SSSR count). The fourth-order valence-electron chi connectivity index (χ4n) is 6.17. The number of hydrogen-bond acceptors (Lipinski definition) is 10. The Hall–Kier alpha value is -2.83. The van der Waals surface area contributed by atoms with Crippen LogP contribution in [0.2, 0.25) is 0 Å². The third-order valence-corrected chi connectivity index (χ3v) is 9.19. The predicted molar refractivity (Wildman–Crippen MR) is 190 cm³/mol. The molecule has 48 heavy (non-hydrogen) atoms.